The highest BCUT2D eigenvalue weighted by molar-refractivity contribution is 5.85. The molecular weight excluding hydrogens is 285 g/mol. The Morgan fingerprint density at radius 3 is 2.43 bits per heavy atom. The van der Waals surface area contributed by atoms with E-state index in [4.69, 9.17) is 5.11 Å². The molecule has 1 aromatic heterocycles. The van der Waals surface area contributed by atoms with E-state index in [1.807, 2.05) is 0 Å². The summed E-state index contributed by atoms with van der Waals surface area (Å²) >= 11 is 0. The summed E-state index contributed by atoms with van der Waals surface area (Å²) in [6.45, 7) is 1.70. The van der Waals surface area contributed by atoms with Crippen LogP contribution in [-0.2, 0) is 11.0 Å². The number of carbonyl (C=O) groups is 1. The van der Waals surface area contributed by atoms with Crippen molar-refractivity contribution in [1.82, 2.24) is 9.78 Å². The summed E-state index contributed by atoms with van der Waals surface area (Å²) in [5.74, 6) is -1.09. The predicted octanol–water partition coefficient (Wildman–Crippen LogP) is 3.30. The van der Waals surface area contributed by atoms with Crippen molar-refractivity contribution in [3.63, 3.8) is 0 Å². The van der Waals surface area contributed by atoms with Gasteiger partial charge in [-0.1, -0.05) is 0 Å². The van der Waals surface area contributed by atoms with Crippen LogP contribution in [-0.4, -0.2) is 20.9 Å². The van der Waals surface area contributed by atoms with Gasteiger partial charge >= 0.3 is 12.1 Å². The molecule has 0 saturated carbocycles. The summed E-state index contributed by atoms with van der Waals surface area (Å²) in [6, 6.07) is 4.58. The van der Waals surface area contributed by atoms with Gasteiger partial charge in [0.2, 0.25) is 0 Å². The Kier molecular flexibility index (Phi) is 3.84. The number of nitrogens with zero attached hydrogens (tertiary/aromatic N) is 2. The summed E-state index contributed by atoms with van der Waals surface area (Å²) in [5, 5.41) is 12.6. The van der Waals surface area contributed by atoms with Crippen LogP contribution in [0.1, 0.15) is 16.8 Å². The van der Waals surface area contributed by atoms with Crippen LogP contribution in [0.5, 0.6) is 0 Å². The molecule has 2 aromatic rings. The first kappa shape index (κ1) is 14.8. The minimum atomic E-state index is -4.38. The quantitative estimate of drug-likeness (QED) is 0.884. The molecule has 0 atom stereocenters. The van der Waals surface area contributed by atoms with E-state index >= 15 is 0 Å². The maximum atomic E-state index is 12.5. The van der Waals surface area contributed by atoms with Crippen LogP contribution in [0.25, 0.3) is 11.8 Å². The largest absolute Gasteiger partial charge is 0.478 e. The zero-order chi connectivity index (χ0) is 15.6. The van der Waals surface area contributed by atoms with E-state index in [0.717, 1.165) is 18.2 Å². The molecule has 21 heavy (non-hydrogen) atoms. The third-order valence-corrected chi connectivity index (χ3v) is 2.89. The van der Waals surface area contributed by atoms with Crippen LogP contribution in [0.3, 0.4) is 0 Å². The Hall–Kier alpha value is -2.57. The third-order valence-electron chi connectivity index (χ3n) is 2.89. The first-order valence-electron chi connectivity index (χ1n) is 5.92. The van der Waals surface area contributed by atoms with Crippen molar-refractivity contribution in [1.29, 1.82) is 0 Å². The highest BCUT2D eigenvalue weighted by Gasteiger charge is 2.30. The lowest BCUT2D eigenvalue weighted by Gasteiger charge is -2.08. The van der Waals surface area contributed by atoms with Gasteiger partial charge in [-0.3, -0.25) is 0 Å². The van der Waals surface area contributed by atoms with Gasteiger partial charge in [-0.2, -0.15) is 18.3 Å². The molecule has 0 unspecified atom stereocenters. The van der Waals surface area contributed by atoms with E-state index < -0.39 is 17.7 Å². The number of aromatic nitrogens is 2. The molecule has 1 N–H and O–H groups in total. The summed E-state index contributed by atoms with van der Waals surface area (Å²) < 4.78 is 38.9. The third kappa shape index (κ3) is 3.31. The highest BCUT2D eigenvalue weighted by atomic mass is 19.4. The van der Waals surface area contributed by atoms with Crippen LogP contribution in [0.4, 0.5) is 13.2 Å². The van der Waals surface area contributed by atoms with Crippen molar-refractivity contribution >= 4 is 12.0 Å². The predicted molar refractivity (Wildman–Crippen MR) is 70.0 cm³/mol. The average Bonchev–Trinajstić information content (AvgIpc) is 2.77. The topological polar surface area (TPSA) is 55.1 Å². The van der Waals surface area contributed by atoms with E-state index in [9.17, 15) is 18.0 Å². The van der Waals surface area contributed by atoms with E-state index in [0.29, 0.717) is 16.9 Å². The second kappa shape index (κ2) is 5.43. The Labute approximate surface area is 118 Å². The van der Waals surface area contributed by atoms with Gasteiger partial charge in [-0.05, 0) is 37.3 Å². The fourth-order valence-electron chi connectivity index (χ4n) is 1.80. The van der Waals surface area contributed by atoms with Crippen LogP contribution < -0.4 is 0 Å². The number of aliphatic carboxylic acids is 1. The normalized spacial score (nSPS) is 12.0. The minimum Gasteiger partial charge on any atom is -0.478 e. The van der Waals surface area contributed by atoms with Gasteiger partial charge in [0.05, 0.1) is 17.4 Å². The van der Waals surface area contributed by atoms with Crippen LogP contribution in [0, 0.1) is 6.92 Å². The Bertz CT molecular complexity index is 685. The number of hydrogen-bond donors (Lipinski definition) is 1. The molecule has 0 fully saturated rings. The first-order valence-corrected chi connectivity index (χ1v) is 5.92. The van der Waals surface area contributed by atoms with Gasteiger partial charge in [0.15, 0.2) is 0 Å². The van der Waals surface area contributed by atoms with Gasteiger partial charge in [0.1, 0.15) is 0 Å². The molecule has 0 aliphatic heterocycles. The number of hydrogen-bond acceptors (Lipinski definition) is 2. The lowest BCUT2D eigenvalue weighted by atomic mass is 10.2. The molecule has 2 rings (SSSR count). The van der Waals surface area contributed by atoms with Gasteiger partial charge in [-0.25, -0.2) is 9.48 Å². The maximum absolute atomic E-state index is 12.5. The molecule has 0 bridgehead atoms. The van der Waals surface area contributed by atoms with Gasteiger partial charge in [-0.15, -0.1) is 0 Å². The van der Waals surface area contributed by atoms with Crippen molar-refractivity contribution in [2.75, 3.05) is 0 Å². The molecule has 0 radical (unpaired) electrons. The van der Waals surface area contributed by atoms with Crippen molar-refractivity contribution in [2.24, 2.45) is 0 Å². The number of halogens is 3. The molecule has 7 heteroatoms. The second-order valence-corrected chi connectivity index (χ2v) is 4.31. The molecule has 0 spiro atoms. The summed E-state index contributed by atoms with van der Waals surface area (Å²) in [5.41, 5.74) is 0.946. The summed E-state index contributed by atoms with van der Waals surface area (Å²) in [6.07, 6.45) is -0.578. The molecule has 1 heterocycles. The number of alkyl halides is 3. The monoisotopic (exact) mass is 296 g/mol. The standard InChI is InChI=1S/C14H11F3N2O2/c1-9-10(2-7-13(20)21)8-18-19(9)12-5-3-11(4-6-12)14(15,16)17/h2-8H,1H3,(H,20,21)/b7-2+. The molecule has 110 valence electrons. The van der Waals surface area contributed by atoms with E-state index in [1.165, 1.54) is 29.1 Å². The Morgan fingerprint density at radius 2 is 1.90 bits per heavy atom. The van der Waals surface area contributed by atoms with Gasteiger partial charge < -0.3 is 5.11 Å². The number of rotatable bonds is 3. The Morgan fingerprint density at radius 1 is 1.29 bits per heavy atom. The summed E-state index contributed by atoms with van der Waals surface area (Å²) in [7, 11) is 0. The lowest BCUT2D eigenvalue weighted by molar-refractivity contribution is -0.137. The van der Waals surface area contributed by atoms with Gasteiger partial charge in [0.25, 0.3) is 0 Å². The molecule has 4 nitrogen and oxygen atoms in total. The van der Waals surface area contributed by atoms with Crippen molar-refractivity contribution in [3.8, 4) is 5.69 Å². The number of carboxylic acid groups (broad SMARTS) is 1. The van der Waals surface area contributed by atoms with Crippen LogP contribution in [0.15, 0.2) is 36.5 Å². The lowest BCUT2D eigenvalue weighted by Crippen LogP contribution is -2.05. The molecule has 1 aromatic carbocycles. The Balaban J connectivity index is 2.33. The zero-order valence-corrected chi connectivity index (χ0v) is 10.9. The highest BCUT2D eigenvalue weighted by Crippen LogP contribution is 2.29. The van der Waals surface area contributed by atoms with E-state index in [2.05, 4.69) is 5.10 Å². The zero-order valence-electron chi connectivity index (χ0n) is 10.9. The van der Waals surface area contributed by atoms with Crippen molar-refractivity contribution in [3.05, 3.63) is 53.4 Å². The van der Waals surface area contributed by atoms with E-state index in [-0.39, 0.29) is 0 Å². The molecule has 0 aliphatic rings. The SMILES string of the molecule is Cc1c(/C=C/C(=O)O)cnn1-c1ccc(C(F)(F)F)cc1. The molecule has 0 aliphatic carbocycles. The van der Waals surface area contributed by atoms with Crippen LogP contribution >= 0.6 is 0 Å². The van der Waals surface area contributed by atoms with Crippen molar-refractivity contribution in [2.45, 2.75) is 13.1 Å². The maximum Gasteiger partial charge on any atom is 0.416 e. The fourth-order valence-corrected chi connectivity index (χ4v) is 1.80. The minimum absolute atomic E-state index is 0.468. The van der Waals surface area contributed by atoms with E-state index in [1.54, 1.807) is 6.92 Å². The number of benzene rings is 1. The average molecular weight is 296 g/mol. The fraction of sp³-hybridized carbons (Fsp3) is 0.143. The van der Waals surface area contributed by atoms with Gasteiger partial charge in [0, 0.05) is 17.3 Å². The second-order valence-electron chi connectivity index (χ2n) is 4.31. The number of carboxylic acids is 1. The molecule has 0 saturated heterocycles. The smallest absolute Gasteiger partial charge is 0.416 e. The van der Waals surface area contributed by atoms with Crippen LogP contribution in [0.2, 0.25) is 0 Å². The summed E-state index contributed by atoms with van der Waals surface area (Å²) in [4.78, 5) is 10.5. The van der Waals surface area contributed by atoms with Crippen molar-refractivity contribution < 1.29 is 23.1 Å². The molecule has 0 amide bonds. The first-order chi connectivity index (χ1) is 9.79. The molecular formula is C14H11F3N2O2.